The lowest BCUT2D eigenvalue weighted by Crippen LogP contribution is -2.08. The molecule has 1 atom stereocenters. The smallest absolute Gasteiger partial charge is 0.234 e. The predicted molar refractivity (Wildman–Crippen MR) is 106 cm³/mol. The molecular weight excluding hydrogens is 346 g/mol. The van der Waals surface area contributed by atoms with Crippen LogP contribution in [0, 0.1) is 0 Å². The fourth-order valence-electron chi connectivity index (χ4n) is 2.46. The minimum absolute atomic E-state index is 0.134. The molecule has 0 radical (unpaired) electrons. The van der Waals surface area contributed by atoms with Crippen molar-refractivity contribution in [2.45, 2.75) is 12.2 Å². The quantitative estimate of drug-likeness (QED) is 0.397. The summed E-state index contributed by atoms with van der Waals surface area (Å²) in [5.74, 6) is 1.98. The van der Waals surface area contributed by atoms with Crippen molar-refractivity contribution in [2.24, 2.45) is 0 Å². The average molecular weight is 363 g/mol. The maximum atomic E-state index is 4.49. The van der Waals surface area contributed by atoms with Gasteiger partial charge in [0.2, 0.25) is 17.8 Å². The number of hydrogen-bond donors (Lipinski definition) is 4. The zero-order valence-electron chi connectivity index (χ0n) is 14.0. The molecule has 3 N–H and O–H groups in total. The van der Waals surface area contributed by atoms with E-state index in [0.717, 1.165) is 16.7 Å². The highest BCUT2D eigenvalue weighted by molar-refractivity contribution is 7.80. The molecule has 130 valence electrons. The van der Waals surface area contributed by atoms with E-state index in [0.29, 0.717) is 23.7 Å². The SMILES string of the molecule is CC(S)c1nc(Nc2ccccc2)nc(Nc2nc3ccccc3[nH]2)n1. The lowest BCUT2D eigenvalue weighted by Gasteiger charge is -2.10. The first-order valence-electron chi connectivity index (χ1n) is 8.15. The first-order valence-corrected chi connectivity index (χ1v) is 8.67. The molecule has 0 aliphatic rings. The van der Waals surface area contributed by atoms with Crippen LogP contribution in [0.2, 0.25) is 0 Å². The molecule has 0 saturated carbocycles. The van der Waals surface area contributed by atoms with Crippen LogP contribution >= 0.6 is 12.6 Å². The first kappa shape index (κ1) is 16.3. The van der Waals surface area contributed by atoms with E-state index in [1.165, 1.54) is 0 Å². The summed E-state index contributed by atoms with van der Waals surface area (Å²) in [6.07, 6.45) is 0. The minimum Gasteiger partial charge on any atom is -0.324 e. The highest BCUT2D eigenvalue weighted by Gasteiger charge is 2.12. The maximum Gasteiger partial charge on any atom is 0.234 e. The zero-order valence-corrected chi connectivity index (χ0v) is 14.9. The summed E-state index contributed by atoms with van der Waals surface area (Å²) in [4.78, 5) is 21.0. The van der Waals surface area contributed by atoms with E-state index in [4.69, 9.17) is 0 Å². The number of rotatable bonds is 5. The van der Waals surface area contributed by atoms with E-state index >= 15 is 0 Å². The fourth-order valence-corrected chi connectivity index (χ4v) is 2.57. The molecule has 0 aliphatic carbocycles. The topological polar surface area (TPSA) is 91.4 Å². The molecule has 2 heterocycles. The molecule has 0 spiro atoms. The molecule has 0 saturated heterocycles. The summed E-state index contributed by atoms with van der Waals surface area (Å²) >= 11 is 4.44. The number of para-hydroxylation sites is 3. The van der Waals surface area contributed by atoms with Crippen molar-refractivity contribution in [1.82, 2.24) is 24.9 Å². The Labute approximate surface area is 155 Å². The Morgan fingerprint density at radius 2 is 1.54 bits per heavy atom. The van der Waals surface area contributed by atoms with Gasteiger partial charge in [-0.05, 0) is 31.2 Å². The van der Waals surface area contributed by atoms with Gasteiger partial charge in [-0.1, -0.05) is 30.3 Å². The highest BCUT2D eigenvalue weighted by Crippen LogP contribution is 2.22. The summed E-state index contributed by atoms with van der Waals surface area (Å²) in [6.45, 7) is 1.91. The molecular formula is C18H17N7S. The number of aromatic nitrogens is 5. The number of aromatic amines is 1. The molecule has 4 rings (SSSR count). The molecule has 0 aliphatic heterocycles. The Bertz CT molecular complexity index is 997. The van der Waals surface area contributed by atoms with Gasteiger partial charge in [0.25, 0.3) is 0 Å². The monoisotopic (exact) mass is 363 g/mol. The Balaban J connectivity index is 1.65. The van der Waals surface area contributed by atoms with Gasteiger partial charge >= 0.3 is 0 Å². The van der Waals surface area contributed by atoms with E-state index in [9.17, 15) is 0 Å². The number of fused-ring (bicyclic) bond motifs is 1. The molecule has 2 aromatic carbocycles. The Morgan fingerprint density at radius 1 is 0.846 bits per heavy atom. The Morgan fingerprint density at radius 3 is 2.27 bits per heavy atom. The molecule has 1 unspecified atom stereocenters. The van der Waals surface area contributed by atoms with E-state index in [-0.39, 0.29) is 5.25 Å². The first-order chi connectivity index (χ1) is 12.7. The van der Waals surface area contributed by atoms with E-state index in [1.54, 1.807) is 0 Å². The van der Waals surface area contributed by atoms with E-state index in [1.807, 2.05) is 61.5 Å². The van der Waals surface area contributed by atoms with E-state index < -0.39 is 0 Å². The van der Waals surface area contributed by atoms with Crippen LogP contribution in [0.5, 0.6) is 0 Å². The summed E-state index contributed by atoms with van der Waals surface area (Å²) in [5.41, 5.74) is 2.70. The third-order valence-electron chi connectivity index (χ3n) is 3.68. The number of anilines is 4. The van der Waals surface area contributed by atoms with Crippen LogP contribution in [0.25, 0.3) is 11.0 Å². The number of hydrogen-bond acceptors (Lipinski definition) is 7. The van der Waals surface area contributed by atoms with Gasteiger partial charge < -0.3 is 10.3 Å². The second-order valence-corrected chi connectivity index (χ2v) is 6.51. The molecule has 0 amide bonds. The van der Waals surface area contributed by atoms with Gasteiger partial charge in [0.05, 0.1) is 16.3 Å². The Kier molecular flexibility index (Phi) is 4.40. The van der Waals surface area contributed by atoms with Crippen molar-refractivity contribution >= 4 is 47.2 Å². The van der Waals surface area contributed by atoms with Crippen LogP contribution in [0.15, 0.2) is 54.6 Å². The summed E-state index contributed by atoms with van der Waals surface area (Å²) in [5, 5.41) is 6.16. The van der Waals surface area contributed by atoms with Crippen LogP contribution in [0.1, 0.15) is 18.0 Å². The number of nitrogens with one attached hydrogen (secondary N) is 3. The average Bonchev–Trinajstić information content (AvgIpc) is 3.04. The van der Waals surface area contributed by atoms with Crippen molar-refractivity contribution < 1.29 is 0 Å². The lowest BCUT2D eigenvalue weighted by molar-refractivity contribution is 0.897. The third-order valence-corrected chi connectivity index (χ3v) is 3.91. The van der Waals surface area contributed by atoms with Crippen LogP contribution in [-0.2, 0) is 0 Å². The second kappa shape index (κ2) is 7.01. The largest absolute Gasteiger partial charge is 0.324 e. The minimum atomic E-state index is -0.134. The number of thiol groups is 1. The molecule has 26 heavy (non-hydrogen) atoms. The van der Waals surface area contributed by atoms with Crippen LogP contribution in [0.3, 0.4) is 0 Å². The number of nitrogens with zero attached hydrogens (tertiary/aromatic N) is 4. The van der Waals surface area contributed by atoms with Crippen LogP contribution in [0.4, 0.5) is 23.5 Å². The fraction of sp³-hybridized carbons (Fsp3) is 0.111. The zero-order chi connectivity index (χ0) is 17.9. The molecule has 8 heteroatoms. The van der Waals surface area contributed by atoms with Crippen LogP contribution < -0.4 is 10.6 Å². The van der Waals surface area contributed by atoms with Gasteiger partial charge in [-0.3, -0.25) is 5.32 Å². The second-order valence-electron chi connectivity index (χ2n) is 5.74. The van der Waals surface area contributed by atoms with Gasteiger partial charge in [0.15, 0.2) is 0 Å². The van der Waals surface area contributed by atoms with Crippen molar-refractivity contribution in [3.63, 3.8) is 0 Å². The molecule has 0 bridgehead atoms. The van der Waals surface area contributed by atoms with Gasteiger partial charge in [-0.15, -0.1) is 0 Å². The van der Waals surface area contributed by atoms with Crippen molar-refractivity contribution in [3.05, 3.63) is 60.4 Å². The highest BCUT2D eigenvalue weighted by atomic mass is 32.1. The predicted octanol–water partition coefficient (Wildman–Crippen LogP) is 4.23. The van der Waals surface area contributed by atoms with E-state index in [2.05, 4.69) is 48.2 Å². The molecule has 2 aromatic heterocycles. The van der Waals surface area contributed by atoms with Crippen molar-refractivity contribution in [2.75, 3.05) is 10.6 Å². The van der Waals surface area contributed by atoms with Crippen molar-refractivity contribution in [1.29, 1.82) is 0 Å². The van der Waals surface area contributed by atoms with Gasteiger partial charge in [0, 0.05) is 5.69 Å². The van der Waals surface area contributed by atoms with Gasteiger partial charge in [-0.2, -0.15) is 27.6 Å². The third kappa shape index (κ3) is 3.60. The lowest BCUT2D eigenvalue weighted by atomic mass is 10.3. The molecule has 4 aromatic rings. The number of benzene rings is 2. The molecule has 0 fully saturated rings. The summed E-state index contributed by atoms with van der Waals surface area (Å²) < 4.78 is 0. The van der Waals surface area contributed by atoms with Crippen molar-refractivity contribution in [3.8, 4) is 0 Å². The summed E-state index contributed by atoms with van der Waals surface area (Å²) in [7, 11) is 0. The summed E-state index contributed by atoms with van der Waals surface area (Å²) in [6, 6.07) is 17.5. The van der Waals surface area contributed by atoms with Crippen LogP contribution in [-0.4, -0.2) is 24.9 Å². The number of imidazole rings is 1. The van der Waals surface area contributed by atoms with Gasteiger partial charge in [-0.25, -0.2) is 4.98 Å². The maximum absolute atomic E-state index is 4.49. The molecule has 7 nitrogen and oxygen atoms in total. The number of H-pyrrole nitrogens is 1. The van der Waals surface area contributed by atoms with Gasteiger partial charge in [0.1, 0.15) is 5.82 Å². The normalized spacial score (nSPS) is 12.1. The Hall–Kier alpha value is -3.13. The standard InChI is InChI=1S/C18H17N7S/c1-11(26)15-22-16(19-12-7-3-2-4-8-12)24-18(23-15)25-17-20-13-9-5-6-10-14(13)21-17/h2-11,26H,1H3,(H3,19,20,21,22,23,24,25).